The molecule has 1 aliphatic rings. The minimum atomic E-state index is -0.452. The van der Waals surface area contributed by atoms with Gasteiger partial charge in [0, 0.05) is 0 Å². The van der Waals surface area contributed by atoms with Crippen molar-refractivity contribution in [3.8, 4) is 0 Å². The summed E-state index contributed by atoms with van der Waals surface area (Å²) in [5.74, 6) is -1.14. The standard InChI is InChI=1S/C19H13FN4O2Se/c1-10-5-6-14-13(7-10)16(23-14)18(26)24-19-21-9-15(27-19)17(25)22-12-4-2-3-11(20)8-12/h2-9H,1H3,(H,22,25)(H,21,24,26). The van der Waals surface area contributed by atoms with E-state index in [1.54, 1.807) is 6.07 Å². The monoisotopic (exact) mass is 428 g/mol. The fraction of sp³-hybridized carbons (Fsp3) is 0.0526. The molecule has 2 amide bonds. The SMILES string of the molecule is Cc1ccc2c(c1)C(C(=O)Nc1ncc(C(=O)Nc3cccc(F)c3)[se]1)=N2. The fourth-order valence-corrected chi connectivity index (χ4v) is 4.07. The number of nitrogens with one attached hydrogen (secondary N) is 2. The van der Waals surface area contributed by atoms with E-state index in [0.29, 0.717) is 20.5 Å². The Morgan fingerprint density at radius 3 is 2.74 bits per heavy atom. The summed E-state index contributed by atoms with van der Waals surface area (Å²) in [5.41, 5.74) is 3.39. The molecule has 0 unspecified atom stereocenters. The van der Waals surface area contributed by atoms with Crippen LogP contribution in [0.2, 0.25) is 0 Å². The van der Waals surface area contributed by atoms with E-state index in [4.69, 9.17) is 0 Å². The average molecular weight is 427 g/mol. The van der Waals surface area contributed by atoms with Crippen LogP contribution in [0.3, 0.4) is 0 Å². The Morgan fingerprint density at radius 2 is 1.93 bits per heavy atom. The van der Waals surface area contributed by atoms with Crippen molar-refractivity contribution in [1.29, 1.82) is 0 Å². The molecule has 27 heavy (non-hydrogen) atoms. The van der Waals surface area contributed by atoms with Crippen molar-refractivity contribution in [2.24, 2.45) is 4.99 Å². The zero-order valence-electron chi connectivity index (χ0n) is 14.1. The van der Waals surface area contributed by atoms with Crippen LogP contribution >= 0.6 is 0 Å². The van der Waals surface area contributed by atoms with Crippen molar-refractivity contribution in [2.45, 2.75) is 6.92 Å². The molecule has 0 bridgehead atoms. The summed E-state index contributed by atoms with van der Waals surface area (Å²) in [6, 6.07) is 11.4. The van der Waals surface area contributed by atoms with Crippen LogP contribution in [-0.2, 0) is 4.79 Å². The first-order valence-electron chi connectivity index (χ1n) is 8.03. The molecule has 3 aromatic rings. The summed E-state index contributed by atoms with van der Waals surface area (Å²) in [5, 5.41) is 5.34. The van der Waals surface area contributed by atoms with E-state index in [-0.39, 0.29) is 11.8 Å². The first-order chi connectivity index (χ1) is 13.0. The Hall–Kier alpha value is -3.09. The third-order valence-corrected chi connectivity index (χ3v) is 5.80. The number of anilines is 2. The van der Waals surface area contributed by atoms with Gasteiger partial charge in [0.2, 0.25) is 0 Å². The predicted molar refractivity (Wildman–Crippen MR) is 102 cm³/mol. The van der Waals surface area contributed by atoms with Gasteiger partial charge in [0.15, 0.2) is 0 Å². The second-order valence-corrected chi connectivity index (χ2v) is 8.09. The number of aryl methyl sites for hydroxylation is 1. The van der Waals surface area contributed by atoms with Gasteiger partial charge in [-0.2, -0.15) is 0 Å². The van der Waals surface area contributed by atoms with Gasteiger partial charge in [-0.1, -0.05) is 0 Å². The zero-order valence-corrected chi connectivity index (χ0v) is 15.8. The number of aromatic nitrogens is 1. The van der Waals surface area contributed by atoms with Gasteiger partial charge < -0.3 is 0 Å². The third-order valence-electron chi connectivity index (χ3n) is 3.89. The van der Waals surface area contributed by atoms with Gasteiger partial charge in [0.25, 0.3) is 0 Å². The van der Waals surface area contributed by atoms with E-state index < -0.39 is 20.3 Å². The van der Waals surface area contributed by atoms with Gasteiger partial charge >= 0.3 is 160 Å². The van der Waals surface area contributed by atoms with E-state index in [0.717, 1.165) is 16.8 Å². The Labute approximate surface area is 159 Å². The van der Waals surface area contributed by atoms with E-state index in [1.807, 2.05) is 25.1 Å². The molecule has 8 heteroatoms. The molecule has 2 aromatic carbocycles. The van der Waals surface area contributed by atoms with Crippen molar-refractivity contribution in [3.63, 3.8) is 0 Å². The van der Waals surface area contributed by atoms with Gasteiger partial charge in [-0.3, -0.25) is 0 Å². The zero-order chi connectivity index (χ0) is 19.0. The van der Waals surface area contributed by atoms with E-state index in [1.165, 1.54) is 24.4 Å². The molecule has 4 rings (SSSR count). The molecular weight excluding hydrogens is 414 g/mol. The first kappa shape index (κ1) is 17.3. The van der Waals surface area contributed by atoms with E-state index in [2.05, 4.69) is 20.6 Å². The number of amides is 2. The molecule has 134 valence electrons. The van der Waals surface area contributed by atoms with Gasteiger partial charge in [0.05, 0.1) is 0 Å². The van der Waals surface area contributed by atoms with Crippen molar-refractivity contribution in [3.05, 3.63) is 70.0 Å². The normalized spacial score (nSPS) is 11.9. The molecule has 1 aromatic heterocycles. The van der Waals surface area contributed by atoms with Gasteiger partial charge in [-0.15, -0.1) is 0 Å². The number of carbonyl (C=O) groups excluding carboxylic acids is 2. The van der Waals surface area contributed by atoms with E-state index in [9.17, 15) is 14.0 Å². The predicted octanol–water partition coefficient (Wildman–Crippen LogP) is 2.91. The van der Waals surface area contributed by atoms with Crippen LogP contribution in [0.1, 0.15) is 20.4 Å². The number of halogens is 1. The molecule has 0 saturated heterocycles. The van der Waals surface area contributed by atoms with Crippen LogP contribution < -0.4 is 10.6 Å². The van der Waals surface area contributed by atoms with Gasteiger partial charge in [-0.05, 0) is 0 Å². The first-order valence-corrected chi connectivity index (χ1v) is 9.75. The Kier molecular flexibility index (Phi) is 4.43. The molecule has 2 heterocycles. The molecule has 0 aliphatic carbocycles. The molecule has 0 fully saturated rings. The number of fused-ring (bicyclic) bond motifs is 1. The number of hydrogen-bond acceptors (Lipinski definition) is 4. The summed E-state index contributed by atoms with van der Waals surface area (Å²) in [6.07, 6.45) is 1.42. The number of carbonyl (C=O) groups is 2. The second-order valence-electron chi connectivity index (χ2n) is 5.93. The van der Waals surface area contributed by atoms with Crippen LogP contribution in [0.15, 0.2) is 53.7 Å². The van der Waals surface area contributed by atoms with Crippen molar-refractivity contribution >= 4 is 48.1 Å². The summed E-state index contributed by atoms with van der Waals surface area (Å²) >= 11 is -0.452. The molecular formula is C19H13FN4O2Se. The number of nitrogens with zero attached hydrogens (tertiary/aromatic N) is 2. The molecule has 0 radical (unpaired) electrons. The molecule has 1 aliphatic heterocycles. The minimum absolute atomic E-state index is 0.339. The van der Waals surface area contributed by atoms with E-state index >= 15 is 0 Å². The van der Waals surface area contributed by atoms with Crippen LogP contribution in [0.25, 0.3) is 0 Å². The van der Waals surface area contributed by atoms with Crippen molar-refractivity contribution in [2.75, 3.05) is 10.6 Å². The summed E-state index contributed by atoms with van der Waals surface area (Å²) < 4.78 is 14.1. The van der Waals surface area contributed by atoms with Gasteiger partial charge in [-0.25, -0.2) is 0 Å². The van der Waals surface area contributed by atoms with Crippen LogP contribution in [-0.4, -0.2) is 37.0 Å². The quantitative estimate of drug-likeness (QED) is 0.629. The molecule has 0 atom stereocenters. The summed E-state index contributed by atoms with van der Waals surface area (Å²) in [7, 11) is 0. The second kappa shape index (κ2) is 6.90. The Morgan fingerprint density at radius 1 is 1.07 bits per heavy atom. The molecule has 0 spiro atoms. The molecule has 6 nitrogen and oxygen atoms in total. The van der Waals surface area contributed by atoms with Crippen molar-refractivity contribution in [1.82, 2.24) is 4.98 Å². The molecule has 2 N–H and O–H groups in total. The molecule has 0 saturated carbocycles. The maximum absolute atomic E-state index is 13.2. The Balaban J connectivity index is 1.42. The summed E-state index contributed by atoms with van der Waals surface area (Å²) in [4.78, 5) is 33.0. The topological polar surface area (TPSA) is 83.5 Å². The third kappa shape index (κ3) is 3.58. The van der Waals surface area contributed by atoms with Crippen LogP contribution in [0, 0.1) is 12.7 Å². The summed E-state index contributed by atoms with van der Waals surface area (Å²) in [6.45, 7) is 1.95. The number of aliphatic imine (C=N–C) groups is 1. The number of benzene rings is 2. The van der Waals surface area contributed by atoms with Crippen molar-refractivity contribution < 1.29 is 14.0 Å². The average Bonchev–Trinajstić information content (AvgIpc) is 3.06. The van der Waals surface area contributed by atoms with Crippen LogP contribution in [0.5, 0.6) is 0 Å². The Bertz CT molecular complexity index is 1110. The number of hydrogen-bond donors (Lipinski definition) is 2. The number of rotatable bonds is 4. The maximum atomic E-state index is 13.2. The van der Waals surface area contributed by atoms with Crippen LogP contribution in [0.4, 0.5) is 20.5 Å². The van der Waals surface area contributed by atoms with Gasteiger partial charge in [0.1, 0.15) is 0 Å². The fourth-order valence-electron chi connectivity index (χ4n) is 2.59.